The zero-order valence-electron chi connectivity index (χ0n) is 19.0. The normalized spacial score (nSPS) is 14.6. The molecule has 0 bridgehead atoms. The van der Waals surface area contributed by atoms with Gasteiger partial charge in [-0.05, 0) is 37.3 Å². The number of aryl methyl sites for hydroxylation is 2. The molecule has 4 aromatic rings. The van der Waals surface area contributed by atoms with E-state index >= 15 is 0 Å². The second-order valence-corrected chi connectivity index (χ2v) is 8.36. The molecule has 0 spiro atoms. The number of fused-ring (bicyclic) bond motifs is 1. The number of ether oxygens (including phenoxy) is 2. The summed E-state index contributed by atoms with van der Waals surface area (Å²) in [6, 6.07) is 17.3. The number of rotatable bonds is 6. The molecule has 1 fully saturated rings. The zero-order valence-corrected chi connectivity index (χ0v) is 19.0. The van der Waals surface area contributed by atoms with Crippen LogP contribution < -0.4 is 10.3 Å². The van der Waals surface area contributed by atoms with Crippen LogP contribution in [-0.4, -0.2) is 51.9 Å². The Bertz CT molecular complexity index is 1320. The third kappa shape index (κ3) is 4.42. The number of para-hydroxylation sites is 1. The van der Waals surface area contributed by atoms with Crippen molar-refractivity contribution in [2.24, 2.45) is 7.05 Å². The predicted molar refractivity (Wildman–Crippen MR) is 129 cm³/mol. The Hall–Kier alpha value is -3.42. The highest BCUT2D eigenvalue weighted by atomic mass is 16.5. The van der Waals surface area contributed by atoms with E-state index in [4.69, 9.17) is 14.5 Å². The third-order valence-corrected chi connectivity index (χ3v) is 6.17. The monoisotopic (exact) mass is 444 g/mol. The summed E-state index contributed by atoms with van der Waals surface area (Å²) < 4.78 is 15.7. The van der Waals surface area contributed by atoms with Crippen LogP contribution in [-0.2, 0) is 18.3 Å². The first kappa shape index (κ1) is 21.4. The van der Waals surface area contributed by atoms with Crippen LogP contribution in [0.3, 0.4) is 0 Å². The van der Waals surface area contributed by atoms with Crippen LogP contribution in [0.4, 0.5) is 0 Å². The van der Waals surface area contributed by atoms with E-state index in [9.17, 15) is 4.79 Å². The van der Waals surface area contributed by atoms with E-state index in [0.29, 0.717) is 5.75 Å². The SMILES string of the molecule is Cc1nc2c(Oc3ccccc3)c(-c3ccc(=O)n(C)c3)ccc2n1CCN1CCOCC1. The van der Waals surface area contributed by atoms with Gasteiger partial charge in [-0.25, -0.2) is 4.98 Å². The number of pyridine rings is 1. The molecule has 33 heavy (non-hydrogen) atoms. The maximum Gasteiger partial charge on any atom is 0.250 e. The average Bonchev–Trinajstić information content (AvgIpc) is 3.16. The Kier molecular flexibility index (Phi) is 5.98. The molecule has 7 nitrogen and oxygen atoms in total. The van der Waals surface area contributed by atoms with Gasteiger partial charge in [0.15, 0.2) is 5.75 Å². The molecule has 0 N–H and O–H groups in total. The van der Waals surface area contributed by atoms with Gasteiger partial charge >= 0.3 is 0 Å². The molecule has 7 heteroatoms. The van der Waals surface area contributed by atoms with E-state index in [-0.39, 0.29) is 5.56 Å². The first-order chi connectivity index (χ1) is 16.1. The van der Waals surface area contributed by atoms with Gasteiger partial charge in [0.05, 0.1) is 18.7 Å². The molecular weight excluding hydrogens is 416 g/mol. The highest BCUT2D eigenvalue weighted by molar-refractivity contribution is 5.91. The van der Waals surface area contributed by atoms with Crippen molar-refractivity contribution in [2.75, 3.05) is 32.8 Å². The Labute approximate surface area is 192 Å². The Morgan fingerprint density at radius 2 is 1.79 bits per heavy atom. The number of aromatic nitrogens is 3. The minimum Gasteiger partial charge on any atom is -0.454 e. The summed E-state index contributed by atoms with van der Waals surface area (Å²) in [5, 5.41) is 0. The lowest BCUT2D eigenvalue weighted by Gasteiger charge is -2.26. The van der Waals surface area contributed by atoms with Crippen molar-refractivity contribution in [1.29, 1.82) is 0 Å². The lowest BCUT2D eigenvalue weighted by Crippen LogP contribution is -2.38. The van der Waals surface area contributed by atoms with Gasteiger partial charge in [0, 0.05) is 56.6 Å². The van der Waals surface area contributed by atoms with Crippen LogP contribution in [0, 0.1) is 6.92 Å². The number of nitrogens with zero attached hydrogens (tertiary/aromatic N) is 4. The zero-order chi connectivity index (χ0) is 22.8. The number of hydrogen-bond acceptors (Lipinski definition) is 5. The third-order valence-electron chi connectivity index (χ3n) is 6.17. The number of benzene rings is 2. The van der Waals surface area contributed by atoms with Gasteiger partial charge in [0.1, 0.15) is 17.1 Å². The Morgan fingerprint density at radius 1 is 1.00 bits per heavy atom. The highest BCUT2D eigenvalue weighted by Crippen LogP contribution is 2.39. The molecule has 2 aromatic heterocycles. The molecule has 3 heterocycles. The Morgan fingerprint density at radius 3 is 2.55 bits per heavy atom. The van der Waals surface area contributed by atoms with Gasteiger partial charge in [0.25, 0.3) is 0 Å². The molecule has 0 unspecified atom stereocenters. The first-order valence-electron chi connectivity index (χ1n) is 11.3. The average molecular weight is 445 g/mol. The molecule has 0 aliphatic carbocycles. The standard InChI is InChI=1S/C26H28N4O3/c1-19-27-25-23(30(19)13-12-29-14-16-32-17-15-29)10-9-22(20-8-11-24(31)28(2)18-20)26(25)33-21-6-4-3-5-7-21/h3-11,18H,12-17H2,1-2H3. The van der Waals surface area contributed by atoms with Gasteiger partial charge < -0.3 is 18.6 Å². The quantitative estimate of drug-likeness (QED) is 0.452. The first-order valence-corrected chi connectivity index (χ1v) is 11.3. The van der Waals surface area contributed by atoms with E-state index in [1.165, 1.54) is 0 Å². The Balaban J connectivity index is 1.59. The van der Waals surface area contributed by atoms with Crippen molar-refractivity contribution >= 4 is 11.0 Å². The number of hydrogen-bond donors (Lipinski definition) is 0. The molecular formula is C26H28N4O3. The van der Waals surface area contributed by atoms with E-state index in [1.807, 2.05) is 49.5 Å². The molecule has 1 saturated heterocycles. The van der Waals surface area contributed by atoms with E-state index < -0.39 is 0 Å². The molecule has 0 radical (unpaired) electrons. The minimum atomic E-state index is -0.0476. The van der Waals surface area contributed by atoms with Crippen molar-refractivity contribution in [3.05, 3.63) is 77.0 Å². The summed E-state index contributed by atoms with van der Waals surface area (Å²) in [5.41, 5.74) is 3.63. The maximum atomic E-state index is 11.9. The molecule has 1 aliphatic rings. The summed E-state index contributed by atoms with van der Waals surface area (Å²) in [5.74, 6) is 2.40. The van der Waals surface area contributed by atoms with Crippen LogP contribution in [0.25, 0.3) is 22.2 Å². The minimum absolute atomic E-state index is 0.0476. The number of morpholine rings is 1. The van der Waals surface area contributed by atoms with Crippen LogP contribution in [0.1, 0.15) is 5.82 Å². The van der Waals surface area contributed by atoms with E-state index in [0.717, 1.165) is 73.1 Å². The van der Waals surface area contributed by atoms with Crippen LogP contribution >= 0.6 is 0 Å². The van der Waals surface area contributed by atoms with Gasteiger partial charge in [-0.3, -0.25) is 9.69 Å². The van der Waals surface area contributed by atoms with Gasteiger partial charge in [0.2, 0.25) is 5.56 Å². The lowest BCUT2D eigenvalue weighted by atomic mass is 10.1. The lowest BCUT2D eigenvalue weighted by molar-refractivity contribution is 0.0364. The summed E-state index contributed by atoms with van der Waals surface area (Å²) in [7, 11) is 1.76. The molecule has 2 aromatic carbocycles. The van der Waals surface area contributed by atoms with E-state index in [1.54, 1.807) is 17.7 Å². The predicted octanol–water partition coefficient (Wildman–Crippen LogP) is 3.83. The smallest absolute Gasteiger partial charge is 0.250 e. The summed E-state index contributed by atoms with van der Waals surface area (Å²) >= 11 is 0. The van der Waals surface area contributed by atoms with Crippen molar-refractivity contribution < 1.29 is 9.47 Å². The number of imidazole rings is 1. The van der Waals surface area contributed by atoms with Gasteiger partial charge in [-0.2, -0.15) is 0 Å². The summed E-state index contributed by atoms with van der Waals surface area (Å²) in [6.07, 6.45) is 1.84. The fraction of sp³-hybridized carbons (Fsp3) is 0.308. The van der Waals surface area contributed by atoms with Gasteiger partial charge in [-0.15, -0.1) is 0 Å². The summed E-state index contributed by atoms with van der Waals surface area (Å²) in [4.78, 5) is 19.3. The van der Waals surface area contributed by atoms with Crippen molar-refractivity contribution in [1.82, 2.24) is 19.0 Å². The molecule has 0 saturated carbocycles. The second kappa shape index (κ2) is 9.21. The molecule has 0 atom stereocenters. The molecule has 0 amide bonds. The van der Waals surface area contributed by atoms with Crippen LogP contribution in [0.5, 0.6) is 11.5 Å². The fourth-order valence-electron chi connectivity index (χ4n) is 4.32. The van der Waals surface area contributed by atoms with Crippen LogP contribution in [0.2, 0.25) is 0 Å². The topological polar surface area (TPSA) is 61.5 Å². The molecule has 1 aliphatic heterocycles. The van der Waals surface area contributed by atoms with Gasteiger partial charge in [-0.1, -0.05) is 18.2 Å². The van der Waals surface area contributed by atoms with Crippen LogP contribution in [0.15, 0.2) is 65.6 Å². The fourth-order valence-corrected chi connectivity index (χ4v) is 4.32. The van der Waals surface area contributed by atoms with Crippen molar-refractivity contribution in [2.45, 2.75) is 13.5 Å². The second-order valence-electron chi connectivity index (χ2n) is 8.36. The maximum absolute atomic E-state index is 11.9. The summed E-state index contributed by atoms with van der Waals surface area (Å²) in [6.45, 7) is 7.36. The molecule has 5 rings (SSSR count). The van der Waals surface area contributed by atoms with Crippen molar-refractivity contribution in [3.63, 3.8) is 0 Å². The highest BCUT2D eigenvalue weighted by Gasteiger charge is 2.19. The van der Waals surface area contributed by atoms with E-state index in [2.05, 4.69) is 21.6 Å². The molecule has 170 valence electrons. The largest absolute Gasteiger partial charge is 0.454 e. The van der Waals surface area contributed by atoms with Crippen molar-refractivity contribution in [3.8, 4) is 22.6 Å².